The monoisotopic (exact) mass is 308 g/mol. The fourth-order valence-corrected chi connectivity index (χ4v) is 3.03. The third-order valence-corrected chi connectivity index (χ3v) is 4.28. The Morgan fingerprint density at radius 1 is 1.30 bits per heavy atom. The van der Waals surface area contributed by atoms with Crippen LogP contribution in [-0.2, 0) is 5.75 Å². The van der Waals surface area contributed by atoms with Crippen molar-refractivity contribution in [3.05, 3.63) is 62.7 Å². The number of nitrogens with zero attached hydrogens (tertiary/aromatic N) is 1. The topological polar surface area (TPSA) is 69.2 Å². The van der Waals surface area contributed by atoms with Crippen molar-refractivity contribution in [1.82, 2.24) is 0 Å². The second-order valence-corrected chi connectivity index (χ2v) is 5.80. The molecule has 0 amide bonds. The molecule has 0 atom stereocenters. The van der Waals surface area contributed by atoms with Gasteiger partial charge in [-0.1, -0.05) is 11.6 Å². The van der Waals surface area contributed by atoms with Crippen LogP contribution in [0.25, 0.3) is 0 Å². The Balaban J connectivity index is 2.22. The van der Waals surface area contributed by atoms with Crippen molar-refractivity contribution in [2.75, 3.05) is 5.73 Å². The minimum absolute atomic E-state index is 0.0926. The van der Waals surface area contributed by atoms with E-state index in [0.717, 1.165) is 10.5 Å². The average Bonchev–Trinajstić information content (AvgIpc) is 2.37. The summed E-state index contributed by atoms with van der Waals surface area (Å²) >= 11 is 7.44. The first-order valence-corrected chi connectivity index (χ1v) is 7.25. The quantitative estimate of drug-likeness (QED) is 0.392. The first-order chi connectivity index (χ1) is 9.47. The van der Waals surface area contributed by atoms with Gasteiger partial charge in [0.2, 0.25) is 0 Å². The third kappa shape index (κ3) is 3.43. The second kappa shape index (κ2) is 6.15. The fourth-order valence-electron chi connectivity index (χ4n) is 1.84. The molecule has 2 aromatic carbocycles. The molecule has 0 spiro atoms. The number of hydrogen-bond donors (Lipinski definition) is 1. The molecule has 6 heteroatoms. The lowest BCUT2D eigenvalue weighted by atomic mass is 10.2. The largest absolute Gasteiger partial charge is 0.399 e. The Morgan fingerprint density at radius 3 is 2.70 bits per heavy atom. The number of benzene rings is 2. The summed E-state index contributed by atoms with van der Waals surface area (Å²) in [5.74, 6) is 0.488. The van der Waals surface area contributed by atoms with E-state index in [2.05, 4.69) is 0 Å². The molecule has 0 aliphatic heterocycles. The van der Waals surface area contributed by atoms with Crippen LogP contribution in [0.2, 0.25) is 5.02 Å². The highest BCUT2D eigenvalue weighted by Crippen LogP contribution is 2.32. The Kier molecular flexibility index (Phi) is 4.52. The molecule has 0 saturated heterocycles. The third-order valence-electron chi connectivity index (χ3n) is 2.82. The van der Waals surface area contributed by atoms with Gasteiger partial charge in [0.1, 0.15) is 0 Å². The minimum Gasteiger partial charge on any atom is -0.399 e. The van der Waals surface area contributed by atoms with E-state index in [-0.39, 0.29) is 10.6 Å². The maximum absolute atomic E-state index is 11.0. The van der Waals surface area contributed by atoms with Crippen molar-refractivity contribution < 1.29 is 4.92 Å². The molecule has 0 aromatic heterocycles. The van der Waals surface area contributed by atoms with E-state index in [4.69, 9.17) is 17.3 Å². The first-order valence-electron chi connectivity index (χ1n) is 5.89. The van der Waals surface area contributed by atoms with E-state index in [1.54, 1.807) is 6.07 Å². The Morgan fingerprint density at radius 2 is 2.05 bits per heavy atom. The summed E-state index contributed by atoms with van der Waals surface area (Å²) in [6, 6.07) is 10.2. The van der Waals surface area contributed by atoms with Crippen molar-refractivity contribution in [1.29, 1.82) is 0 Å². The molecule has 0 heterocycles. The zero-order valence-corrected chi connectivity index (χ0v) is 12.4. The fraction of sp³-hybridized carbons (Fsp3) is 0.143. The highest BCUT2D eigenvalue weighted by Gasteiger charge is 2.14. The van der Waals surface area contributed by atoms with Gasteiger partial charge >= 0.3 is 0 Å². The number of aryl methyl sites for hydroxylation is 1. The van der Waals surface area contributed by atoms with E-state index >= 15 is 0 Å². The lowest BCUT2D eigenvalue weighted by Crippen LogP contribution is -1.94. The van der Waals surface area contributed by atoms with Crippen molar-refractivity contribution in [2.24, 2.45) is 0 Å². The molecule has 0 bridgehead atoms. The van der Waals surface area contributed by atoms with Crippen LogP contribution in [0, 0.1) is 17.0 Å². The lowest BCUT2D eigenvalue weighted by Gasteiger charge is -2.07. The Hall–Kier alpha value is -1.72. The Labute approximate surface area is 126 Å². The summed E-state index contributed by atoms with van der Waals surface area (Å²) in [6.45, 7) is 1.96. The maximum Gasteiger partial charge on any atom is 0.273 e. The molecule has 0 fully saturated rings. The molecule has 0 unspecified atom stereocenters. The normalized spacial score (nSPS) is 10.5. The molecule has 2 aromatic rings. The predicted octanol–water partition coefficient (Wildman–Crippen LogP) is 4.43. The van der Waals surface area contributed by atoms with Crippen molar-refractivity contribution >= 4 is 34.7 Å². The average molecular weight is 309 g/mol. The van der Waals surface area contributed by atoms with Crippen LogP contribution in [0.5, 0.6) is 0 Å². The summed E-state index contributed by atoms with van der Waals surface area (Å²) < 4.78 is 0. The van der Waals surface area contributed by atoms with Gasteiger partial charge in [-0.3, -0.25) is 10.1 Å². The van der Waals surface area contributed by atoms with Gasteiger partial charge in [0.25, 0.3) is 5.69 Å². The van der Waals surface area contributed by atoms with Gasteiger partial charge in [0.05, 0.1) is 4.92 Å². The van der Waals surface area contributed by atoms with E-state index in [0.29, 0.717) is 22.0 Å². The number of nitro benzene ring substituents is 1. The van der Waals surface area contributed by atoms with Crippen molar-refractivity contribution in [3.63, 3.8) is 0 Å². The summed E-state index contributed by atoms with van der Waals surface area (Å²) in [5, 5.41) is 11.5. The van der Waals surface area contributed by atoms with Crippen LogP contribution < -0.4 is 5.73 Å². The van der Waals surface area contributed by atoms with E-state index in [1.807, 2.05) is 25.1 Å². The van der Waals surface area contributed by atoms with Crippen molar-refractivity contribution in [3.8, 4) is 0 Å². The predicted molar refractivity (Wildman–Crippen MR) is 83.3 cm³/mol. The smallest absolute Gasteiger partial charge is 0.273 e. The van der Waals surface area contributed by atoms with Gasteiger partial charge in [-0.2, -0.15) is 0 Å². The molecule has 2 rings (SSSR count). The van der Waals surface area contributed by atoms with Crippen molar-refractivity contribution in [2.45, 2.75) is 17.6 Å². The van der Waals surface area contributed by atoms with Gasteiger partial charge in [-0.15, -0.1) is 11.8 Å². The summed E-state index contributed by atoms with van der Waals surface area (Å²) in [5.41, 5.74) is 8.17. The first kappa shape index (κ1) is 14.7. The zero-order valence-electron chi connectivity index (χ0n) is 10.8. The summed E-state index contributed by atoms with van der Waals surface area (Å²) in [4.78, 5) is 11.7. The molecule has 0 aliphatic carbocycles. The number of halogens is 1. The highest BCUT2D eigenvalue weighted by molar-refractivity contribution is 7.98. The second-order valence-electron chi connectivity index (χ2n) is 4.34. The number of nitrogen functional groups attached to an aromatic ring is 1. The number of hydrogen-bond acceptors (Lipinski definition) is 4. The maximum atomic E-state index is 11.0. The van der Waals surface area contributed by atoms with Crippen LogP contribution in [0.4, 0.5) is 11.4 Å². The van der Waals surface area contributed by atoms with Gasteiger partial charge in [-0.25, -0.2) is 0 Å². The van der Waals surface area contributed by atoms with E-state index in [9.17, 15) is 10.1 Å². The van der Waals surface area contributed by atoms with E-state index in [1.165, 1.54) is 23.9 Å². The van der Waals surface area contributed by atoms with Crippen LogP contribution in [-0.4, -0.2) is 4.92 Å². The summed E-state index contributed by atoms with van der Waals surface area (Å²) in [6.07, 6.45) is 0. The molecular formula is C14H13ClN2O2S. The van der Waals surface area contributed by atoms with Gasteiger partial charge in [0.15, 0.2) is 0 Å². The number of nitro groups is 1. The standard InChI is InChI=1S/C14H13ClN2O2S/c1-9-6-12(16)3-5-14(9)20-8-10-7-11(15)2-4-13(10)17(18)19/h2-7H,8,16H2,1H3. The minimum atomic E-state index is -0.387. The molecule has 20 heavy (non-hydrogen) atoms. The number of nitrogens with two attached hydrogens (primary N) is 1. The van der Waals surface area contributed by atoms with E-state index < -0.39 is 0 Å². The van der Waals surface area contributed by atoms with Gasteiger partial charge < -0.3 is 5.73 Å². The lowest BCUT2D eigenvalue weighted by molar-refractivity contribution is -0.385. The molecule has 0 radical (unpaired) electrons. The molecule has 2 N–H and O–H groups in total. The number of anilines is 1. The Bertz CT molecular complexity index is 662. The molecule has 0 saturated carbocycles. The number of rotatable bonds is 4. The number of thioether (sulfide) groups is 1. The zero-order chi connectivity index (χ0) is 14.7. The van der Waals surface area contributed by atoms with Crippen LogP contribution in [0.1, 0.15) is 11.1 Å². The van der Waals surface area contributed by atoms with Gasteiger partial charge in [-0.05, 0) is 42.8 Å². The molecular weight excluding hydrogens is 296 g/mol. The SMILES string of the molecule is Cc1cc(N)ccc1SCc1cc(Cl)ccc1[N+](=O)[O-]. The van der Waals surface area contributed by atoms with Crippen LogP contribution in [0.15, 0.2) is 41.3 Å². The summed E-state index contributed by atoms with van der Waals surface area (Å²) in [7, 11) is 0. The van der Waals surface area contributed by atoms with Crippen LogP contribution >= 0.6 is 23.4 Å². The highest BCUT2D eigenvalue weighted by atomic mass is 35.5. The molecule has 4 nitrogen and oxygen atoms in total. The molecule has 0 aliphatic rings. The van der Waals surface area contributed by atoms with Crippen LogP contribution in [0.3, 0.4) is 0 Å². The van der Waals surface area contributed by atoms with Gasteiger partial charge in [0, 0.05) is 33.0 Å². The molecule has 104 valence electrons.